The van der Waals surface area contributed by atoms with Crippen molar-refractivity contribution in [2.75, 3.05) is 39.8 Å². The molecule has 3 amide bonds. The largest absolute Gasteiger partial charge is 0.493 e. The molecular formula is C38H47Cl2N5O4. The fourth-order valence-electron chi connectivity index (χ4n) is 6.31. The molecule has 0 saturated heterocycles. The topological polar surface area (TPSA) is 109 Å². The lowest BCUT2D eigenvalue weighted by Gasteiger charge is -2.46. The van der Waals surface area contributed by atoms with Crippen LogP contribution in [0.15, 0.2) is 71.7 Å². The van der Waals surface area contributed by atoms with Crippen LogP contribution in [0.1, 0.15) is 70.7 Å². The Morgan fingerprint density at radius 3 is 2.00 bits per heavy atom. The molecule has 9 nitrogen and oxygen atoms in total. The number of primary amides is 1. The van der Waals surface area contributed by atoms with E-state index in [1.165, 1.54) is 0 Å². The van der Waals surface area contributed by atoms with E-state index in [0.717, 1.165) is 16.7 Å². The summed E-state index contributed by atoms with van der Waals surface area (Å²) in [5.74, 6) is 0.497. The van der Waals surface area contributed by atoms with Crippen molar-refractivity contribution >= 4 is 46.8 Å². The zero-order valence-electron chi connectivity index (χ0n) is 29.6. The first-order valence-electron chi connectivity index (χ1n) is 16.5. The number of carbonyl (C=O) groups is 3. The molecule has 11 heteroatoms. The Hall–Kier alpha value is -3.92. The van der Waals surface area contributed by atoms with Crippen LogP contribution in [-0.2, 0) is 26.1 Å². The lowest BCUT2D eigenvalue weighted by atomic mass is 9.71. The standard InChI is InChI=1S/C38H47Cl2N5O4/c1-9-44(22-21-43(8)24-33(41)47)35(48)45-34(31-20-15-28(23-32(31)49-10-2)36(4,5)25(3)46)42-37(6,26-11-16-29(39)17-12-26)38(45,7)27-13-18-30(40)19-14-27/h11-20,23H,9-10,21-22,24H2,1-8H3,(H2,41,47)/t37-,38+/m0/s1. The van der Waals surface area contributed by atoms with Gasteiger partial charge in [-0.05, 0) is 109 Å². The van der Waals surface area contributed by atoms with Crippen LogP contribution >= 0.6 is 23.2 Å². The highest BCUT2D eigenvalue weighted by Gasteiger charge is 2.60. The van der Waals surface area contributed by atoms with E-state index in [-0.39, 0.29) is 18.4 Å². The molecule has 1 aliphatic rings. The minimum atomic E-state index is -1.09. The molecule has 3 aromatic carbocycles. The SMILES string of the molecule is CCOc1cc(C(C)(C)C(C)=O)ccc1C1=N[C@@](C)(c2ccc(Cl)cc2)[C@@](C)(c2ccc(Cl)cc2)N1C(=O)N(CC)CCN(C)CC(N)=O. The average Bonchev–Trinajstić information content (AvgIpc) is 3.29. The molecule has 2 atom stereocenters. The Bertz CT molecular complexity index is 1730. The molecule has 0 radical (unpaired) electrons. The van der Waals surface area contributed by atoms with Crippen LogP contribution in [0.25, 0.3) is 0 Å². The van der Waals surface area contributed by atoms with E-state index in [2.05, 4.69) is 0 Å². The van der Waals surface area contributed by atoms with Crippen LogP contribution in [0.2, 0.25) is 10.0 Å². The number of urea groups is 1. The fraction of sp³-hybridized carbons (Fsp3) is 0.421. The number of benzene rings is 3. The highest BCUT2D eigenvalue weighted by molar-refractivity contribution is 6.30. The van der Waals surface area contributed by atoms with Gasteiger partial charge in [-0.2, -0.15) is 0 Å². The fourth-order valence-corrected chi connectivity index (χ4v) is 6.56. The minimum absolute atomic E-state index is 0.0169. The molecule has 0 spiro atoms. The van der Waals surface area contributed by atoms with Crippen LogP contribution in [0.5, 0.6) is 5.75 Å². The van der Waals surface area contributed by atoms with Crippen LogP contribution in [0.4, 0.5) is 4.79 Å². The number of hydrogen-bond donors (Lipinski definition) is 1. The number of ether oxygens (including phenoxy) is 1. The first-order chi connectivity index (χ1) is 23.0. The normalized spacial score (nSPS) is 19.2. The number of amides is 3. The third-order valence-corrected chi connectivity index (χ3v) is 10.4. The molecule has 2 N–H and O–H groups in total. The maximum Gasteiger partial charge on any atom is 0.326 e. The van der Waals surface area contributed by atoms with Crippen molar-refractivity contribution in [2.45, 2.75) is 65.0 Å². The van der Waals surface area contributed by atoms with Gasteiger partial charge in [0.1, 0.15) is 28.4 Å². The van der Waals surface area contributed by atoms with E-state index in [9.17, 15) is 9.59 Å². The monoisotopic (exact) mass is 707 g/mol. The number of Topliss-reactive ketones (excluding diaryl/α,β-unsaturated/α-hetero) is 1. The second-order valence-corrected chi connectivity index (χ2v) is 14.2. The molecule has 0 bridgehead atoms. The molecule has 0 aliphatic carbocycles. The molecule has 49 heavy (non-hydrogen) atoms. The predicted molar refractivity (Wildman–Crippen MR) is 197 cm³/mol. The number of nitrogens with two attached hydrogens (primary N) is 1. The van der Waals surface area contributed by atoms with Crippen molar-refractivity contribution in [3.8, 4) is 5.75 Å². The molecular weight excluding hydrogens is 661 g/mol. The maximum absolute atomic E-state index is 15.1. The van der Waals surface area contributed by atoms with Gasteiger partial charge in [0.2, 0.25) is 5.91 Å². The number of amidine groups is 1. The van der Waals surface area contributed by atoms with E-state index in [1.54, 1.807) is 28.7 Å². The summed E-state index contributed by atoms with van der Waals surface area (Å²) in [5.41, 5.74) is 5.62. The summed E-state index contributed by atoms with van der Waals surface area (Å²) in [5, 5.41) is 1.14. The number of ketones is 1. The molecule has 4 rings (SSSR count). The van der Waals surface area contributed by atoms with E-state index >= 15 is 4.79 Å². The van der Waals surface area contributed by atoms with Gasteiger partial charge in [-0.1, -0.05) is 53.5 Å². The zero-order valence-corrected chi connectivity index (χ0v) is 31.2. The summed E-state index contributed by atoms with van der Waals surface area (Å²) >= 11 is 12.8. The van der Waals surface area contributed by atoms with E-state index in [0.29, 0.717) is 53.4 Å². The quantitative estimate of drug-likeness (QED) is 0.206. The summed E-state index contributed by atoms with van der Waals surface area (Å²) < 4.78 is 6.25. The van der Waals surface area contributed by atoms with Crippen molar-refractivity contribution in [1.82, 2.24) is 14.7 Å². The van der Waals surface area contributed by atoms with Crippen molar-refractivity contribution in [2.24, 2.45) is 10.7 Å². The van der Waals surface area contributed by atoms with E-state index in [4.69, 9.17) is 38.7 Å². The first kappa shape index (κ1) is 37.9. The number of rotatable bonds is 13. The summed E-state index contributed by atoms with van der Waals surface area (Å²) in [7, 11) is 1.79. The number of halogens is 2. The molecule has 1 heterocycles. The number of carbonyl (C=O) groups excluding carboxylic acids is 3. The average molecular weight is 709 g/mol. The number of aliphatic imine (C=N–C) groups is 1. The van der Waals surface area contributed by atoms with Crippen molar-refractivity contribution in [3.05, 3.63) is 99.0 Å². The van der Waals surface area contributed by atoms with Gasteiger partial charge >= 0.3 is 6.03 Å². The van der Waals surface area contributed by atoms with Gasteiger partial charge in [-0.15, -0.1) is 0 Å². The van der Waals surface area contributed by atoms with Crippen LogP contribution in [0.3, 0.4) is 0 Å². The number of hydrogen-bond acceptors (Lipinski definition) is 6. The Morgan fingerprint density at radius 1 is 0.918 bits per heavy atom. The molecule has 0 saturated carbocycles. The molecule has 1 aliphatic heterocycles. The second-order valence-electron chi connectivity index (χ2n) is 13.3. The Balaban J connectivity index is 2.02. The lowest BCUT2D eigenvalue weighted by Crippen LogP contribution is -2.58. The number of nitrogens with zero attached hydrogens (tertiary/aromatic N) is 4. The Labute approximate surface area is 300 Å². The number of likely N-dealkylation sites (N-methyl/N-ethyl adjacent to an activating group) is 2. The lowest BCUT2D eigenvalue weighted by molar-refractivity contribution is -0.121. The van der Waals surface area contributed by atoms with Gasteiger partial charge < -0.3 is 15.4 Å². The smallest absolute Gasteiger partial charge is 0.326 e. The second kappa shape index (κ2) is 14.9. The van der Waals surface area contributed by atoms with Gasteiger partial charge in [0.05, 0.1) is 18.7 Å². The molecule has 262 valence electrons. The van der Waals surface area contributed by atoms with Gasteiger partial charge in [-0.25, -0.2) is 4.79 Å². The van der Waals surface area contributed by atoms with Gasteiger partial charge in [0.25, 0.3) is 0 Å². The molecule has 3 aromatic rings. The molecule has 0 aromatic heterocycles. The maximum atomic E-state index is 15.1. The van der Waals surface area contributed by atoms with E-state index in [1.807, 2.05) is 108 Å². The van der Waals surface area contributed by atoms with Crippen LogP contribution in [0, 0.1) is 0 Å². The Kier molecular flexibility index (Phi) is 11.5. The summed E-state index contributed by atoms with van der Waals surface area (Å²) in [6.45, 7) is 14.8. The van der Waals surface area contributed by atoms with Crippen molar-refractivity contribution in [1.29, 1.82) is 0 Å². The Morgan fingerprint density at radius 2 is 1.49 bits per heavy atom. The summed E-state index contributed by atoms with van der Waals surface area (Å²) in [6, 6.07) is 20.4. The summed E-state index contributed by atoms with van der Waals surface area (Å²) in [6.07, 6.45) is 0. The van der Waals surface area contributed by atoms with Gasteiger partial charge in [-0.3, -0.25) is 24.4 Å². The highest BCUT2D eigenvalue weighted by atomic mass is 35.5. The zero-order chi connectivity index (χ0) is 36.3. The third kappa shape index (κ3) is 7.35. The molecule has 0 fully saturated rings. The van der Waals surface area contributed by atoms with Crippen molar-refractivity contribution < 1.29 is 19.1 Å². The highest BCUT2D eigenvalue weighted by Crippen LogP contribution is 2.54. The predicted octanol–water partition coefficient (Wildman–Crippen LogP) is 7.01. The van der Waals surface area contributed by atoms with Crippen molar-refractivity contribution in [3.63, 3.8) is 0 Å². The van der Waals surface area contributed by atoms with Gasteiger partial charge in [0.15, 0.2) is 0 Å². The van der Waals surface area contributed by atoms with Gasteiger partial charge in [0, 0.05) is 35.1 Å². The third-order valence-electron chi connectivity index (χ3n) is 9.89. The summed E-state index contributed by atoms with van der Waals surface area (Å²) in [4.78, 5) is 50.1. The van der Waals surface area contributed by atoms with Crippen LogP contribution < -0.4 is 10.5 Å². The minimum Gasteiger partial charge on any atom is -0.493 e. The molecule has 0 unspecified atom stereocenters. The van der Waals surface area contributed by atoms with Crippen LogP contribution in [-0.4, -0.2) is 78.1 Å². The first-order valence-corrected chi connectivity index (χ1v) is 17.2. The van der Waals surface area contributed by atoms with E-state index < -0.39 is 22.4 Å².